The van der Waals surface area contributed by atoms with E-state index in [1.807, 2.05) is 19.9 Å². The van der Waals surface area contributed by atoms with Crippen LogP contribution in [0.3, 0.4) is 0 Å². The summed E-state index contributed by atoms with van der Waals surface area (Å²) < 4.78 is 0. The van der Waals surface area contributed by atoms with Crippen LogP contribution in [0.1, 0.15) is 37.5 Å². The van der Waals surface area contributed by atoms with Crippen LogP contribution in [0, 0.1) is 26.9 Å². The summed E-state index contributed by atoms with van der Waals surface area (Å²) in [6.45, 7) is 4.03. The zero-order chi connectivity index (χ0) is 21.6. The molecule has 2 aliphatic rings. The van der Waals surface area contributed by atoms with Gasteiger partial charge in [0.05, 0.1) is 34.4 Å². The summed E-state index contributed by atoms with van der Waals surface area (Å²) >= 11 is 0.966. The number of rotatable bonds is 3. The molecule has 8 nitrogen and oxygen atoms in total. The molecule has 0 radical (unpaired) electrons. The highest BCUT2D eigenvalue weighted by Crippen LogP contribution is 2.51. The van der Waals surface area contributed by atoms with Gasteiger partial charge in [-0.15, -0.1) is 0 Å². The van der Waals surface area contributed by atoms with Gasteiger partial charge in [-0.25, -0.2) is 0 Å². The SMILES string of the molecule is CC1(C)CC(=O)C2=C(C1)N(c1cccnc1)C(N)=C(C#N)[C@H]2c1ccc([N+](=O)[O-])s1. The molecule has 1 aliphatic heterocycles. The molecule has 2 aromatic heterocycles. The van der Waals surface area contributed by atoms with Crippen molar-refractivity contribution in [2.24, 2.45) is 11.1 Å². The van der Waals surface area contributed by atoms with Crippen LogP contribution in [0.4, 0.5) is 10.7 Å². The highest BCUT2D eigenvalue weighted by atomic mass is 32.1. The second kappa shape index (κ2) is 7.07. The average molecular weight is 421 g/mol. The molecule has 0 fully saturated rings. The first kappa shape index (κ1) is 19.8. The molecule has 4 rings (SSSR count). The molecule has 0 saturated carbocycles. The minimum Gasteiger partial charge on any atom is -0.384 e. The lowest BCUT2D eigenvalue weighted by Crippen LogP contribution is -2.42. The number of carbonyl (C=O) groups is 1. The summed E-state index contributed by atoms with van der Waals surface area (Å²) in [6, 6.07) is 8.75. The Morgan fingerprint density at radius 1 is 1.37 bits per heavy atom. The highest BCUT2D eigenvalue weighted by molar-refractivity contribution is 7.15. The predicted molar refractivity (Wildman–Crippen MR) is 112 cm³/mol. The van der Waals surface area contributed by atoms with E-state index >= 15 is 0 Å². The summed E-state index contributed by atoms with van der Waals surface area (Å²) in [7, 11) is 0. The van der Waals surface area contributed by atoms with Crippen molar-refractivity contribution in [1.82, 2.24) is 4.98 Å². The lowest BCUT2D eigenvalue weighted by molar-refractivity contribution is -0.380. The summed E-state index contributed by atoms with van der Waals surface area (Å²) in [5.41, 5.74) is 8.28. The topological polar surface area (TPSA) is 126 Å². The Labute approximate surface area is 177 Å². The van der Waals surface area contributed by atoms with Crippen molar-refractivity contribution in [1.29, 1.82) is 5.26 Å². The number of allylic oxidation sites excluding steroid dienone is 3. The molecule has 0 saturated heterocycles. The number of nitriles is 1. The number of nitrogens with two attached hydrogens (primary N) is 1. The van der Waals surface area contributed by atoms with E-state index in [1.54, 1.807) is 29.4 Å². The Bertz CT molecular complexity index is 1160. The molecule has 3 heterocycles. The monoisotopic (exact) mass is 421 g/mol. The Balaban J connectivity index is 1.98. The summed E-state index contributed by atoms with van der Waals surface area (Å²) in [5, 5.41) is 21.1. The number of nitrogens with zero attached hydrogens (tertiary/aromatic N) is 4. The lowest BCUT2D eigenvalue weighted by atomic mass is 9.69. The first-order chi connectivity index (χ1) is 14.2. The molecular formula is C21H19N5O3S. The molecule has 1 atom stereocenters. The molecule has 30 heavy (non-hydrogen) atoms. The third kappa shape index (κ3) is 3.15. The van der Waals surface area contributed by atoms with Crippen LogP contribution in [0.5, 0.6) is 0 Å². The Morgan fingerprint density at radius 2 is 2.13 bits per heavy atom. The van der Waals surface area contributed by atoms with Crippen molar-refractivity contribution in [2.75, 3.05) is 4.90 Å². The molecule has 0 spiro atoms. The van der Waals surface area contributed by atoms with Crippen molar-refractivity contribution >= 4 is 27.8 Å². The van der Waals surface area contributed by atoms with E-state index < -0.39 is 10.8 Å². The van der Waals surface area contributed by atoms with E-state index in [1.165, 1.54) is 6.07 Å². The summed E-state index contributed by atoms with van der Waals surface area (Å²) in [5.74, 6) is -0.563. The van der Waals surface area contributed by atoms with E-state index in [0.717, 1.165) is 17.0 Å². The zero-order valence-electron chi connectivity index (χ0n) is 16.5. The second-order valence-electron chi connectivity index (χ2n) is 8.12. The smallest absolute Gasteiger partial charge is 0.324 e. The summed E-state index contributed by atoms with van der Waals surface area (Å²) in [4.78, 5) is 30.5. The van der Waals surface area contributed by atoms with Crippen LogP contribution >= 0.6 is 11.3 Å². The number of nitro groups is 1. The number of hydrogen-bond acceptors (Lipinski definition) is 8. The largest absolute Gasteiger partial charge is 0.384 e. The van der Waals surface area contributed by atoms with Gasteiger partial charge in [0.15, 0.2) is 5.78 Å². The maximum atomic E-state index is 13.3. The number of thiophene rings is 1. The van der Waals surface area contributed by atoms with Crippen LogP contribution < -0.4 is 10.6 Å². The van der Waals surface area contributed by atoms with Crippen LogP contribution in [-0.2, 0) is 4.79 Å². The molecule has 2 N–H and O–H groups in total. The van der Waals surface area contributed by atoms with Crippen LogP contribution in [0.25, 0.3) is 0 Å². The van der Waals surface area contributed by atoms with Gasteiger partial charge in [0.25, 0.3) is 0 Å². The van der Waals surface area contributed by atoms with Gasteiger partial charge in [0, 0.05) is 34.8 Å². The fraction of sp³-hybridized carbons (Fsp3) is 0.286. The third-order valence-corrected chi connectivity index (χ3v) is 6.46. The van der Waals surface area contributed by atoms with E-state index in [4.69, 9.17) is 5.73 Å². The Morgan fingerprint density at radius 3 is 2.73 bits per heavy atom. The first-order valence-corrected chi connectivity index (χ1v) is 10.2. The van der Waals surface area contributed by atoms with Crippen molar-refractivity contribution in [2.45, 2.75) is 32.6 Å². The Hall–Kier alpha value is -3.51. The van der Waals surface area contributed by atoms with E-state index in [-0.39, 0.29) is 27.6 Å². The van der Waals surface area contributed by atoms with E-state index in [2.05, 4.69) is 11.1 Å². The van der Waals surface area contributed by atoms with Crippen LogP contribution in [-0.4, -0.2) is 15.7 Å². The first-order valence-electron chi connectivity index (χ1n) is 9.34. The fourth-order valence-electron chi connectivity index (χ4n) is 4.17. The van der Waals surface area contributed by atoms with Gasteiger partial charge in [-0.05, 0) is 30.0 Å². The zero-order valence-corrected chi connectivity index (χ0v) is 17.3. The predicted octanol–water partition coefficient (Wildman–Crippen LogP) is 3.99. The number of anilines is 1. The molecule has 1 aliphatic carbocycles. The third-order valence-electron chi connectivity index (χ3n) is 5.36. The van der Waals surface area contributed by atoms with Gasteiger partial charge in [-0.2, -0.15) is 5.26 Å². The van der Waals surface area contributed by atoms with Crippen molar-refractivity contribution in [3.8, 4) is 6.07 Å². The molecule has 0 unspecified atom stereocenters. The van der Waals surface area contributed by atoms with E-state index in [0.29, 0.717) is 29.0 Å². The number of pyridine rings is 1. The minimum atomic E-state index is -0.708. The van der Waals surface area contributed by atoms with Gasteiger partial charge >= 0.3 is 5.00 Å². The van der Waals surface area contributed by atoms with Gasteiger partial charge in [0.2, 0.25) is 0 Å². The van der Waals surface area contributed by atoms with Crippen LogP contribution in [0.15, 0.2) is 59.3 Å². The van der Waals surface area contributed by atoms with Crippen molar-refractivity contribution < 1.29 is 9.72 Å². The highest BCUT2D eigenvalue weighted by Gasteiger charge is 2.45. The lowest BCUT2D eigenvalue weighted by Gasteiger charge is -2.43. The van der Waals surface area contributed by atoms with Gasteiger partial charge in [-0.3, -0.25) is 24.8 Å². The van der Waals surface area contributed by atoms with Crippen molar-refractivity contribution in [3.63, 3.8) is 0 Å². The molecule has 152 valence electrons. The molecule has 0 amide bonds. The average Bonchev–Trinajstić information content (AvgIpc) is 3.17. The molecule has 2 aromatic rings. The minimum absolute atomic E-state index is 0.0405. The number of aromatic nitrogens is 1. The second-order valence-corrected chi connectivity index (χ2v) is 9.22. The molecular weight excluding hydrogens is 402 g/mol. The van der Waals surface area contributed by atoms with Gasteiger partial charge in [-0.1, -0.05) is 25.2 Å². The summed E-state index contributed by atoms with van der Waals surface area (Å²) in [6.07, 6.45) is 4.17. The Kier molecular flexibility index (Phi) is 4.67. The standard InChI is InChI=1S/C21H19N5O3S/c1-21(2)8-14-19(15(27)9-21)18(16-5-6-17(30-16)26(28)29)13(10-22)20(23)25(14)12-4-3-7-24-11-12/h3-7,11,18H,8-9,23H2,1-2H3/t18-/m0/s1. The maximum Gasteiger partial charge on any atom is 0.324 e. The molecule has 9 heteroatoms. The molecule has 0 aromatic carbocycles. The maximum absolute atomic E-state index is 13.3. The van der Waals surface area contributed by atoms with Crippen LogP contribution in [0.2, 0.25) is 0 Å². The van der Waals surface area contributed by atoms with Crippen molar-refractivity contribution in [3.05, 3.63) is 74.3 Å². The van der Waals surface area contributed by atoms with E-state index in [9.17, 15) is 20.2 Å². The van der Waals surface area contributed by atoms with Gasteiger partial charge in [0.1, 0.15) is 5.82 Å². The quantitative estimate of drug-likeness (QED) is 0.586. The number of Topliss-reactive ketones (excluding diaryl/α,β-unsaturated/α-hetero) is 1. The molecule has 0 bridgehead atoms. The number of carbonyl (C=O) groups excluding carboxylic acids is 1. The number of ketones is 1. The number of hydrogen-bond donors (Lipinski definition) is 1. The fourth-order valence-corrected chi connectivity index (χ4v) is 5.11. The van der Waals surface area contributed by atoms with Gasteiger partial charge < -0.3 is 5.73 Å². The normalized spacial score (nSPS) is 20.8.